The van der Waals surface area contributed by atoms with E-state index in [2.05, 4.69) is 0 Å². The molecule has 2 aliphatic heterocycles. The maximum atomic E-state index is 14.0. The Morgan fingerprint density at radius 1 is 0.778 bits per heavy atom. The van der Waals surface area contributed by atoms with Crippen molar-refractivity contribution >= 4 is 5.97 Å². The Morgan fingerprint density at radius 3 is 2.25 bits per heavy atom. The Kier molecular flexibility index (Phi) is 4.44. The maximum Gasteiger partial charge on any atom is 0.335 e. The number of rotatable bonds is 3. The summed E-state index contributed by atoms with van der Waals surface area (Å²) in [5.74, 6) is -9.19. The molecule has 10 fully saturated rings. The van der Waals surface area contributed by atoms with Gasteiger partial charge in [-0.3, -0.25) is 4.79 Å². The summed E-state index contributed by atoms with van der Waals surface area (Å²) in [6.45, 7) is -2.19. The summed E-state index contributed by atoms with van der Waals surface area (Å²) in [6, 6.07) is 0. The van der Waals surface area contributed by atoms with E-state index < -0.39 is 42.0 Å². The summed E-state index contributed by atoms with van der Waals surface area (Å²) in [4.78, 5) is 13.4. The van der Waals surface area contributed by atoms with Crippen molar-refractivity contribution in [2.75, 3.05) is 26.4 Å². The fourth-order valence-electron chi connectivity index (χ4n) is 10.1. The van der Waals surface area contributed by atoms with Crippen LogP contribution in [0.25, 0.3) is 0 Å². The molecule has 6 nitrogen and oxygen atoms in total. The molecule has 0 aromatic heterocycles. The first-order chi connectivity index (χ1) is 17.1. The topological polar surface area (TPSA) is 63.2 Å². The number of hydrogen-bond donors (Lipinski definition) is 0. The lowest BCUT2D eigenvalue weighted by Gasteiger charge is -2.46. The number of carbonyl (C=O) groups is 1. The maximum absolute atomic E-state index is 14.0. The van der Waals surface area contributed by atoms with Gasteiger partial charge in [0.15, 0.2) is 11.6 Å². The van der Waals surface area contributed by atoms with E-state index in [0.29, 0.717) is 50.0 Å². The molecule has 10 heteroatoms. The van der Waals surface area contributed by atoms with Gasteiger partial charge in [-0.15, -0.1) is 0 Å². The highest BCUT2D eigenvalue weighted by molar-refractivity contribution is 5.78. The second-order valence-electron chi connectivity index (χ2n) is 13.1. The van der Waals surface area contributed by atoms with Crippen LogP contribution in [0, 0.1) is 46.8 Å². The van der Waals surface area contributed by atoms with E-state index in [-0.39, 0.29) is 36.4 Å². The minimum absolute atomic E-state index is 0.00956. The molecule has 8 saturated carbocycles. The predicted molar refractivity (Wildman–Crippen MR) is 113 cm³/mol. The third-order valence-electron chi connectivity index (χ3n) is 11.4. The lowest BCUT2D eigenvalue weighted by molar-refractivity contribution is -0.293. The molecule has 10 rings (SSSR count). The van der Waals surface area contributed by atoms with E-state index in [1.54, 1.807) is 0 Å². The van der Waals surface area contributed by atoms with E-state index in [1.807, 2.05) is 0 Å². The van der Waals surface area contributed by atoms with Crippen LogP contribution < -0.4 is 0 Å². The van der Waals surface area contributed by atoms with Crippen LogP contribution in [0.2, 0.25) is 0 Å². The number of carbonyl (C=O) groups excluding carboxylic acids is 1. The summed E-state index contributed by atoms with van der Waals surface area (Å²) < 4.78 is 85.5. The Morgan fingerprint density at radius 2 is 1.53 bits per heavy atom. The van der Waals surface area contributed by atoms with Crippen LogP contribution >= 0.6 is 0 Å². The molecule has 0 aromatic carbocycles. The molecular weight excluding hydrogens is 484 g/mol. The Hall–Kier alpha value is -0.970. The van der Waals surface area contributed by atoms with Crippen LogP contribution in [-0.2, 0) is 28.5 Å². The first kappa shape index (κ1) is 23.0. The molecule has 200 valence electrons. The standard InChI is InChI=1S/C26H32F4O6/c27-23(28)11-34-25(35-12-24(23,29)30)17-5-15-6-22(7-17,8-20(15)25)21(31)32-9-18-10-33-26(36-18)16-2-13-1-14(4-16)19(26)3-13/h13-20H,1-12H2. The van der Waals surface area contributed by atoms with Gasteiger partial charge in [0.05, 0.1) is 12.0 Å². The van der Waals surface area contributed by atoms with Gasteiger partial charge in [-0.25, -0.2) is 0 Å². The Labute approximate surface area is 206 Å². The van der Waals surface area contributed by atoms with Crippen molar-refractivity contribution < 1.29 is 46.0 Å². The lowest BCUT2D eigenvalue weighted by atomic mass is 9.67. The molecule has 10 aliphatic rings. The molecule has 36 heavy (non-hydrogen) atoms. The number of hydrogen-bond acceptors (Lipinski definition) is 6. The SMILES string of the molecule is O=C(OCC1COC2(O1)C1CC3CC(C1)C2C3)C12CC3CC(C1)C1(OCC(F)(F)C(F)(F)CO1)C3C2. The highest BCUT2D eigenvalue weighted by atomic mass is 19.3. The van der Waals surface area contributed by atoms with Gasteiger partial charge < -0.3 is 23.7 Å². The van der Waals surface area contributed by atoms with Crippen LogP contribution in [0.15, 0.2) is 0 Å². The molecule has 0 N–H and O–H groups in total. The number of esters is 1. The number of alkyl halides is 4. The summed E-state index contributed by atoms with van der Waals surface area (Å²) in [7, 11) is 0. The molecule has 8 bridgehead atoms. The fourth-order valence-corrected chi connectivity index (χ4v) is 10.1. The van der Waals surface area contributed by atoms with Crippen LogP contribution in [0.5, 0.6) is 0 Å². The average molecular weight is 517 g/mol. The quantitative estimate of drug-likeness (QED) is 0.415. The number of ether oxygens (including phenoxy) is 5. The molecule has 2 saturated heterocycles. The normalized spacial score (nSPS) is 54.1. The van der Waals surface area contributed by atoms with Gasteiger partial charge >= 0.3 is 17.8 Å². The molecule has 2 spiro atoms. The van der Waals surface area contributed by atoms with Crippen molar-refractivity contribution in [3.05, 3.63) is 0 Å². The van der Waals surface area contributed by atoms with Crippen LogP contribution in [0.3, 0.4) is 0 Å². The largest absolute Gasteiger partial charge is 0.462 e. The van der Waals surface area contributed by atoms with E-state index >= 15 is 0 Å². The van der Waals surface area contributed by atoms with Crippen LogP contribution in [0.4, 0.5) is 17.6 Å². The van der Waals surface area contributed by atoms with Gasteiger partial charge in [-0.1, -0.05) is 0 Å². The molecule has 8 aliphatic carbocycles. The monoisotopic (exact) mass is 516 g/mol. The van der Waals surface area contributed by atoms with Crippen molar-refractivity contribution in [2.24, 2.45) is 46.8 Å². The van der Waals surface area contributed by atoms with Gasteiger partial charge in [-0.05, 0) is 69.1 Å². The van der Waals surface area contributed by atoms with Gasteiger partial charge in [0.25, 0.3) is 0 Å². The molecule has 0 radical (unpaired) electrons. The zero-order valence-electron chi connectivity index (χ0n) is 20.1. The van der Waals surface area contributed by atoms with Crippen LogP contribution in [-0.4, -0.2) is 61.9 Å². The molecule has 0 amide bonds. The minimum Gasteiger partial charge on any atom is -0.462 e. The summed E-state index contributed by atoms with van der Waals surface area (Å²) in [5, 5.41) is 0. The molecule has 10 unspecified atom stereocenters. The van der Waals surface area contributed by atoms with Crippen molar-refractivity contribution in [3.63, 3.8) is 0 Å². The minimum atomic E-state index is -4.29. The first-order valence-corrected chi connectivity index (χ1v) is 13.6. The highest BCUT2D eigenvalue weighted by Gasteiger charge is 2.74. The van der Waals surface area contributed by atoms with Gasteiger partial charge in [0, 0.05) is 23.7 Å². The third kappa shape index (κ3) is 2.75. The molecule has 0 aromatic rings. The predicted octanol–water partition coefficient (Wildman–Crippen LogP) is 4.16. The third-order valence-corrected chi connectivity index (χ3v) is 11.4. The van der Waals surface area contributed by atoms with Gasteiger partial charge in [-0.2, -0.15) is 17.6 Å². The molecule has 2 heterocycles. The Balaban J connectivity index is 0.935. The number of halogens is 4. The Bertz CT molecular complexity index is 965. The summed E-state index contributed by atoms with van der Waals surface area (Å²) in [5.41, 5.74) is -0.740. The zero-order chi connectivity index (χ0) is 24.7. The van der Waals surface area contributed by atoms with Crippen molar-refractivity contribution in [1.82, 2.24) is 0 Å². The second-order valence-corrected chi connectivity index (χ2v) is 13.1. The smallest absolute Gasteiger partial charge is 0.335 e. The fraction of sp³-hybridized carbons (Fsp3) is 0.962. The van der Waals surface area contributed by atoms with Gasteiger partial charge in [0.2, 0.25) is 0 Å². The first-order valence-electron chi connectivity index (χ1n) is 13.6. The lowest BCUT2D eigenvalue weighted by Crippen LogP contribution is -2.52. The van der Waals surface area contributed by atoms with Crippen molar-refractivity contribution in [3.8, 4) is 0 Å². The second kappa shape index (κ2) is 6.96. The zero-order valence-corrected chi connectivity index (χ0v) is 20.1. The van der Waals surface area contributed by atoms with Gasteiger partial charge in [0.1, 0.15) is 25.9 Å². The molecule has 10 atom stereocenters. The highest BCUT2D eigenvalue weighted by Crippen LogP contribution is 2.70. The summed E-state index contributed by atoms with van der Waals surface area (Å²) in [6.07, 6.45) is 6.37. The van der Waals surface area contributed by atoms with Crippen LogP contribution in [0.1, 0.15) is 51.4 Å². The van der Waals surface area contributed by atoms with E-state index in [9.17, 15) is 22.4 Å². The van der Waals surface area contributed by atoms with E-state index in [1.165, 1.54) is 19.3 Å². The van der Waals surface area contributed by atoms with Crippen molar-refractivity contribution in [1.29, 1.82) is 0 Å². The van der Waals surface area contributed by atoms with E-state index in [4.69, 9.17) is 23.7 Å². The average Bonchev–Trinajstić information content (AvgIpc) is 3.55. The molecular formula is C26H32F4O6. The summed E-state index contributed by atoms with van der Waals surface area (Å²) >= 11 is 0. The van der Waals surface area contributed by atoms with E-state index in [0.717, 1.165) is 12.3 Å². The van der Waals surface area contributed by atoms with Crippen molar-refractivity contribution in [2.45, 2.75) is 80.9 Å².